The van der Waals surface area contributed by atoms with Gasteiger partial charge in [0.25, 0.3) is 5.89 Å². The Morgan fingerprint density at radius 3 is 2.80 bits per heavy atom. The fourth-order valence-electron chi connectivity index (χ4n) is 1.12. The Balaban J connectivity index is 2.53. The van der Waals surface area contributed by atoms with Crippen LogP contribution in [0.1, 0.15) is 5.89 Å². The Morgan fingerprint density at radius 1 is 1.40 bits per heavy atom. The molecule has 15 heavy (non-hydrogen) atoms. The lowest BCUT2D eigenvalue weighted by atomic mass is 10.2. The number of halogens is 2. The molecule has 78 valence electrons. The van der Waals surface area contributed by atoms with E-state index >= 15 is 0 Å². The molecule has 0 aliphatic heterocycles. The Hall–Kier alpha value is -1.07. The van der Waals surface area contributed by atoms with Gasteiger partial charge in [-0.05, 0) is 12.1 Å². The molecule has 0 saturated heterocycles. The highest BCUT2D eigenvalue weighted by molar-refractivity contribution is 7.79. The van der Waals surface area contributed by atoms with E-state index in [1.54, 1.807) is 6.07 Å². The molecule has 2 rings (SSSR count). The van der Waals surface area contributed by atoms with Gasteiger partial charge in [0.15, 0.2) is 0 Å². The molecule has 0 unspecified atom stereocenters. The van der Waals surface area contributed by atoms with Crippen LogP contribution in [0.2, 0.25) is 5.02 Å². The average molecular weight is 245 g/mol. The van der Waals surface area contributed by atoms with Gasteiger partial charge >= 0.3 is 0 Å². The van der Waals surface area contributed by atoms with Crippen LogP contribution in [-0.4, -0.2) is 10.2 Å². The molecule has 6 heteroatoms. The topological polar surface area (TPSA) is 38.9 Å². The summed E-state index contributed by atoms with van der Waals surface area (Å²) >= 11 is 9.79. The number of thiol groups is 1. The highest BCUT2D eigenvalue weighted by Crippen LogP contribution is 2.29. The van der Waals surface area contributed by atoms with Gasteiger partial charge in [-0.2, -0.15) is 12.6 Å². The van der Waals surface area contributed by atoms with Crippen molar-refractivity contribution in [2.45, 2.75) is 5.75 Å². The van der Waals surface area contributed by atoms with Crippen LogP contribution in [0.3, 0.4) is 0 Å². The van der Waals surface area contributed by atoms with E-state index in [1.807, 2.05) is 0 Å². The summed E-state index contributed by atoms with van der Waals surface area (Å²) in [7, 11) is 0. The lowest BCUT2D eigenvalue weighted by molar-refractivity contribution is 0.523. The van der Waals surface area contributed by atoms with Crippen LogP contribution in [-0.2, 0) is 5.75 Å². The third kappa shape index (κ3) is 1.98. The summed E-state index contributed by atoms with van der Waals surface area (Å²) in [6, 6.07) is 4.35. The Bertz CT molecular complexity index is 468. The first-order valence-corrected chi connectivity index (χ1v) is 5.11. The Labute approximate surface area is 95.7 Å². The standard InChI is InChI=1S/C9H6ClFN2OS/c10-5-2-1-3-6(11)8(5)9-13-12-7(4-15)14-9/h1-3,15H,4H2. The quantitative estimate of drug-likeness (QED) is 0.826. The van der Waals surface area contributed by atoms with E-state index < -0.39 is 5.82 Å². The van der Waals surface area contributed by atoms with Gasteiger partial charge < -0.3 is 4.42 Å². The third-order valence-electron chi connectivity index (χ3n) is 1.78. The minimum Gasteiger partial charge on any atom is -0.420 e. The minimum atomic E-state index is -0.489. The van der Waals surface area contributed by atoms with Crippen molar-refractivity contribution < 1.29 is 8.81 Å². The van der Waals surface area contributed by atoms with Crippen molar-refractivity contribution >= 4 is 24.2 Å². The van der Waals surface area contributed by atoms with Gasteiger partial charge in [-0.25, -0.2) is 4.39 Å². The molecule has 3 nitrogen and oxygen atoms in total. The summed E-state index contributed by atoms with van der Waals surface area (Å²) in [6.07, 6.45) is 0. The molecule has 1 aromatic carbocycles. The molecule has 1 aromatic heterocycles. The van der Waals surface area contributed by atoms with Crippen LogP contribution < -0.4 is 0 Å². The Morgan fingerprint density at radius 2 is 2.20 bits per heavy atom. The summed E-state index contributed by atoms with van der Waals surface area (Å²) in [5, 5.41) is 7.60. The predicted molar refractivity (Wildman–Crippen MR) is 57.4 cm³/mol. The van der Waals surface area contributed by atoms with E-state index in [1.165, 1.54) is 12.1 Å². The minimum absolute atomic E-state index is 0.0714. The van der Waals surface area contributed by atoms with Gasteiger partial charge in [0.1, 0.15) is 5.82 Å². The van der Waals surface area contributed by atoms with E-state index in [0.29, 0.717) is 11.6 Å². The first-order valence-electron chi connectivity index (χ1n) is 4.10. The largest absolute Gasteiger partial charge is 0.420 e. The third-order valence-corrected chi connectivity index (χ3v) is 2.36. The average Bonchev–Trinajstić information content (AvgIpc) is 2.66. The second kappa shape index (κ2) is 4.20. The molecule has 0 atom stereocenters. The van der Waals surface area contributed by atoms with Crippen LogP contribution in [0.4, 0.5) is 4.39 Å². The van der Waals surface area contributed by atoms with Gasteiger partial charge in [0.2, 0.25) is 5.89 Å². The second-order valence-corrected chi connectivity index (χ2v) is 3.48. The first kappa shape index (κ1) is 10.4. The smallest absolute Gasteiger partial charge is 0.252 e. The zero-order valence-corrected chi connectivity index (χ0v) is 9.10. The van der Waals surface area contributed by atoms with E-state index in [2.05, 4.69) is 22.8 Å². The number of benzene rings is 1. The number of hydrogen-bond acceptors (Lipinski definition) is 4. The maximum absolute atomic E-state index is 13.4. The number of hydrogen-bond donors (Lipinski definition) is 1. The monoisotopic (exact) mass is 244 g/mol. The number of rotatable bonds is 2. The zero-order chi connectivity index (χ0) is 10.8. The molecule has 1 heterocycles. The SMILES string of the molecule is Fc1cccc(Cl)c1-c1nnc(CS)o1. The summed E-state index contributed by atoms with van der Waals surface area (Å²) in [5.41, 5.74) is 0.125. The molecule has 0 amide bonds. The van der Waals surface area contributed by atoms with Crippen molar-refractivity contribution in [1.82, 2.24) is 10.2 Å². The van der Waals surface area contributed by atoms with Gasteiger partial charge in [-0.15, -0.1) is 10.2 Å². The molecular formula is C9H6ClFN2OS. The summed E-state index contributed by atoms with van der Waals surface area (Å²) in [6.45, 7) is 0. The molecule has 2 aromatic rings. The van der Waals surface area contributed by atoms with Crippen molar-refractivity contribution in [2.24, 2.45) is 0 Å². The predicted octanol–water partition coefficient (Wildman–Crippen LogP) is 2.96. The first-order chi connectivity index (χ1) is 7.22. The van der Waals surface area contributed by atoms with Gasteiger partial charge in [0.05, 0.1) is 16.3 Å². The summed E-state index contributed by atoms with van der Waals surface area (Å²) < 4.78 is 18.6. The van der Waals surface area contributed by atoms with E-state index in [0.717, 1.165) is 0 Å². The molecule has 0 fully saturated rings. The van der Waals surface area contributed by atoms with Crippen molar-refractivity contribution in [3.63, 3.8) is 0 Å². The Kier molecular flexibility index (Phi) is 2.93. The summed E-state index contributed by atoms with van der Waals surface area (Å²) in [4.78, 5) is 0. The van der Waals surface area contributed by atoms with Crippen LogP contribution in [0.25, 0.3) is 11.5 Å². The highest BCUT2D eigenvalue weighted by atomic mass is 35.5. The van der Waals surface area contributed by atoms with E-state index in [9.17, 15) is 4.39 Å². The lowest BCUT2D eigenvalue weighted by Crippen LogP contribution is -1.85. The van der Waals surface area contributed by atoms with Crippen LogP contribution in [0, 0.1) is 5.82 Å². The van der Waals surface area contributed by atoms with Gasteiger partial charge in [-0.1, -0.05) is 17.7 Å². The maximum atomic E-state index is 13.4. The van der Waals surface area contributed by atoms with Crippen LogP contribution in [0.15, 0.2) is 22.6 Å². The highest BCUT2D eigenvalue weighted by Gasteiger charge is 2.15. The zero-order valence-electron chi connectivity index (χ0n) is 7.44. The van der Waals surface area contributed by atoms with Crippen molar-refractivity contribution in [2.75, 3.05) is 0 Å². The van der Waals surface area contributed by atoms with Crippen LogP contribution >= 0.6 is 24.2 Å². The van der Waals surface area contributed by atoms with Crippen molar-refractivity contribution in [1.29, 1.82) is 0 Å². The lowest BCUT2D eigenvalue weighted by Gasteiger charge is -1.99. The normalized spacial score (nSPS) is 10.6. The molecule has 0 saturated carbocycles. The molecule has 0 aliphatic rings. The number of aromatic nitrogens is 2. The fourth-order valence-corrected chi connectivity index (χ4v) is 1.49. The van der Waals surface area contributed by atoms with E-state index in [-0.39, 0.29) is 16.5 Å². The molecule has 0 radical (unpaired) electrons. The van der Waals surface area contributed by atoms with Gasteiger partial charge in [-0.3, -0.25) is 0 Å². The molecule has 0 aliphatic carbocycles. The van der Waals surface area contributed by atoms with Crippen molar-refractivity contribution in [3.8, 4) is 11.5 Å². The summed E-state index contributed by atoms with van der Waals surface area (Å²) in [5.74, 6) is 0.214. The molecule has 0 spiro atoms. The number of nitrogens with zero attached hydrogens (tertiary/aromatic N) is 2. The van der Waals surface area contributed by atoms with Crippen molar-refractivity contribution in [3.05, 3.63) is 34.9 Å². The fraction of sp³-hybridized carbons (Fsp3) is 0.111. The molecular weight excluding hydrogens is 239 g/mol. The second-order valence-electron chi connectivity index (χ2n) is 2.76. The van der Waals surface area contributed by atoms with E-state index in [4.69, 9.17) is 16.0 Å². The van der Waals surface area contributed by atoms with Gasteiger partial charge in [0, 0.05) is 0 Å². The van der Waals surface area contributed by atoms with Crippen LogP contribution in [0.5, 0.6) is 0 Å². The molecule has 0 bridgehead atoms. The molecule has 0 N–H and O–H groups in total. The maximum Gasteiger partial charge on any atom is 0.252 e.